The van der Waals surface area contributed by atoms with Crippen molar-refractivity contribution >= 4 is 52.8 Å². The highest BCUT2D eigenvalue weighted by Crippen LogP contribution is 2.28. The van der Waals surface area contributed by atoms with Crippen molar-refractivity contribution in [2.45, 2.75) is 6.54 Å². The highest BCUT2D eigenvalue weighted by Gasteiger charge is 2.13. The van der Waals surface area contributed by atoms with E-state index in [4.69, 9.17) is 37.4 Å². The number of nitrogens with zero attached hydrogens (tertiary/aromatic N) is 1. The van der Waals surface area contributed by atoms with Gasteiger partial charge >= 0.3 is 11.8 Å². The predicted octanol–water partition coefficient (Wildman–Crippen LogP) is 3.79. The van der Waals surface area contributed by atoms with Crippen LogP contribution < -0.4 is 30.3 Å². The molecular formula is C26H24Cl2N4O6. The molecule has 0 saturated carbocycles. The zero-order chi connectivity index (χ0) is 27.5. The van der Waals surface area contributed by atoms with Crippen LogP contribution in [0, 0.1) is 0 Å². The summed E-state index contributed by atoms with van der Waals surface area (Å²) in [6.45, 7) is -0.115. The number of benzene rings is 3. The van der Waals surface area contributed by atoms with E-state index in [2.05, 4.69) is 21.2 Å². The molecule has 0 aliphatic heterocycles. The maximum Gasteiger partial charge on any atom is 0.329 e. The fraction of sp³-hybridized carbons (Fsp3) is 0.154. The largest absolute Gasteiger partial charge is 0.497 e. The van der Waals surface area contributed by atoms with Crippen LogP contribution in [-0.2, 0) is 20.9 Å². The number of hydrogen-bond acceptors (Lipinski definition) is 7. The third-order valence-electron chi connectivity index (χ3n) is 4.95. The molecule has 0 spiro atoms. The van der Waals surface area contributed by atoms with Crippen LogP contribution in [0.1, 0.15) is 11.1 Å². The lowest BCUT2D eigenvalue weighted by atomic mass is 10.2. The van der Waals surface area contributed by atoms with Gasteiger partial charge in [0.2, 0.25) is 0 Å². The Morgan fingerprint density at radius 1 is 0.868 bits per heavy atom. The van der Waals surface area contributed by atoms with Crippen molar-refractivity contribution in [3.8, 4) is 17.2 Å². The normalized spacial score (nSPS) is 10.5. The Balaban J connectivity index is 1.48. The first-order valence-corrected chi connectivity index (χ1v) is 11.8. The number of amides is 3. The van der Waals surface area contributed by atoms with E-state index in [0.29, 0.717) is 38.5 Å². The van der Waals surface area contributed by atoms with Crippen LogP contribution in [0.3, 0.4) is 0 Å². The Morgan fingerprint density at radius 2 is 1.63 bits per heavy atom. The quantitative estimate of drug-likeness (QED) is 0.197. The molecule has 0 unspecified atom stereocenters. The van der Waals surface area contributed by atoms with Crippen molar-refractivity contribution in [2.75, 3.05) is 26.1 Å². The molecule has 0 heterocycles. The maximum absolute atomic E-state index is 12.2. The van der Waals surface area contributed by atoms with Crippen LogP contribution in [-0.4, -0.2) is 44.8 Å². The average molecular weight is 559 g/mol. The lowest BCUT2D eigenvalue weighted by Gasteiger charge is -2.11. The van der Waals surface area contributed by atoms with Gasteiger partial charge in [-0.2, -0.15) is 5.10 Å². The van der Waals surface area contributed by atoms with Gasteiger partial charge in [0.25, 0.3) is 5.91 Å². The molecule has 3 amide bonds. The molecule has 0 aromatic heterocycles. The number of hydrogen-bond donors (Lipinski definition) is 3. The fourth-order valence-corrected chi connectivity index (χ4v) is 3.32. The van der Waals surface area contributed by atoms with Crippen LogP contribution in [0.2, 0.25) is 10.0 Å². The smallest absolute Gasteiger partial charge is 0.329 e. The van der Waals surface area contributed by atoms with Crippen molar-refractivity contribution in [1.82, 2.24) is 10.7 Å². The van der Waals surface area contributed by atoms with Crippen molar-refractivity contribution in [3.05, 3.63) is 81.8 Å². The van der Waals surface area contributed by atoms with Gasteiger partial charge in [0, 0.05) is 12.2 Å². The van der Waals surface area contributed by atoms with Crippen LogP contribution in [0.15, 0.2) is 65.8 Å². The Kier molecular flexibility index (Phi) is 10.3. The van der Waals surface area contributed by atoms with Gasteiger partial charge in [0.05, 0.1) is 30.5 Å². The lowest BCUT2D eigenvalue weighted by Crippen LogP contribution is -2.37. The van der Waals surface area contributed by atoms with Gasteiger partial charge in [-0.3, -0.25) is 14.4 Å². The first-order chi connectivity index (χ1) is 18.3. The molecule has 12 heteroatoms. The molecule has 0 fully saturated rings. The zero-order valence-electron chi connectivity index (χ0n) is 20.4. The molecule has 0 aliphatic rings. The Hall–Kier alpha value is -4.28. The molecule has 198 valence electrons. The average Bonchev–Trinajstić information content (AvgIpc) is 2.93. The van der Waals surface area contributed by atoms with Gasteiger partial charge in [0.1, 0.15) is 5.75 Å². The predicted molar refractivity (Wildman–Crippen MR) is 144 cm³/mol. The number of ether oxygens (including phenoxy) is 3. The molecule has 3 N–H and O–H groups in total. The van der Waals surface area contributed by atoms with E-state index in [9.17, 15) is 14.4 Å². The summed E-state index contributed by atoms with van der Waals surface area (Å²) in [7, 11) is 3.00. The second kappa shape index (κ2) is 13.9. The lowest BCUT2D eigenvalue weighted by molar-refractivity contribution is -0.139. The number of anilines is 1. The second-order valence-corrected chi connectivity index (χ2v) is 8.42. The number of halogens is 2. The summed E-state index contributed by atoms with van der Waals surface area (Å²) in [6, 6.07) is 16.6. The Labute approximate surface area is 228 Å². The third-order valence-corrected chi connectivity index (χ3v) is 5.69. The first-order valence-electron chi connectivity index (χ1n) is 11.1. The number of hydrazone groups is 1. The first kappa shape index (κ1) is 28.3. The molecule has 38 heavy (non-hydrogen) atoms. The van der Waals surface area contributed by atoms with Gasteiger partial charge in [-0.15, -0.1) is 0 Å². The van der Waals surface area contributed by atoms with Gasteiger partial charge in [-0.25, -0.2) is 5.43 Å². The summed E-state index contributed by atoms with van der Waals surface area (Å²) >= 11 is 11.8. The van der Waals surface area contributed by atoms with Gasteiger partial charge in [0.15, 0.2) is 18.1 Å². The molecular weight excluding hydrogens is 535 g/mol. The standard InChI is InChI=1S/C26H24Cl2N4O6/c1-36-19-7-3-16(4-8-19)13-29-25(34)26(35)32-30-14-17-5-10-22(23(11-17)37-2)38-15-24(33)31-18-6-9-20(27)21(28)12-18/h3-12,14H,13,15H2,1-2H3,(H,29,34)(H,31,33)(H,32,35)/b30-14-. The number of nitrogens with one attached hydrogen (secondary N) is 3. The fourth-order valence-electron chi connectivity index (χ4n) is 3.02. The topological polar surface area (TPSA) is 127 Å². The molecule has 10 nitrogen and oxygen atoms in total. The van der Waals surface area contributed by atoms with E-state index < -0.39 is 17.7 Å². The molecule has 3 aromatic rings. The van der Waals surface area contributed by atoms with Crippen LogP contribution >= 0.6 is 23.2 Å². The van der Waals surface area contributed by atoms with E-state index in [0.717, 1.165) is 5.56 Å². The number of methoxy groups -OCH3 is 2. The zero-order valence-corrected chi connectivity index (χ0v) is 21.9. The van der Waals surface area contributed by atoms with Crippen molar-refractivity contribution in [1.29, 1.82) is 0 Å². The number of carbonyl (C=O) groups excluding carboxylic acids is 3. The summed E-state index contributed by atoms with van der Waals surface area (Å²) < 4.78 is 15.9. The van der Waals surface area contributed by atoms with E-state index in [1.807, 2.05) is 0 Å². The van der Waals surface area contributed by atoms with Gasteiger partial charge < -0.3 is 24.8 Å². The summed E-state index contributed by atoms with van der Waals surface area (Å²) in [5.74, 6) is -0.832. The molecule has 0 aliphatic carbocycles. The van der Waals surface area contributed by atoms with Crippen molar-refractivity contribution in [3.63, 3.8) is 0 Å². The molecule has 3 rings (SSSR count). The maximum atomic E-state index is 12.2. The highest BCUT2D eigenvalue weighted by atomic mass is 35.5. The summed E-state index contributed by atoms with van der Waals surface area (Å²) in [4.78, 5) is 36.2. The minimum absolute atomic E-state index is 0.171. The molecule has 0 radical (unpaired) electrons. The molecule has 3 aromatic carbocycles. The van der Waals surface area contributed by atoms with E-state index in [1.165, 1.54) is 19.4 Å². The van der Waals surface area contributed by atoms with Crippen LogP contribution in [0.5, 0.6) is 17.2 Å². The summed E-state index contributed by atoms with van der Waals surface area (Å²) in [5.41, 5.74) is 3.99. The third kappa shape index (κ3) is 8.39. The molecule has 0 saturated heterocycles. The second-order valence-electron chi connectivity index (χ2n) is 7.61. The van der Waals surface area contributed by atoms with Gasteiger partial charge in [-0.05, 0) is 59.7 Å². The van der Waals surface area contributed by atoms with Crippen LogP contribution in [0.25, 0.3) is 0 Å². The monoisotopic (exact) mass is 558 g/mol. The van der Waals surface area contributed by atoms with E-state index in [-0.39, 0.29) is 13.2 Å². The van der Waals surface area contributed by atoms with Crippen molar-refractivity contribution in [2.24, 2.45) is 5.10 Å². The van der Waals surface area contributed by atoms with Crippen molar-refractivity contribution < 1.29 is 28.6 Å². The SMILES string of the molecule is COc1ccc(CNC(=O)C(=O)N/N=C\c2ccc(OCC(=O)Nc3ccc(Cl)c(Cl)c3)c(OC)c2)cc1. The highest BCUT2D eigenvalue weighted by molar-refractivity contribution is 6.42. The minimum atomic E-state index is -0.922. The molecule has 0 bridgehead atoms. The minimum Gasteiger partial charge on any atom is -0.497 e. The summed E-state index contributed by atoms with van der Waals surface area (Å²) in [5, 5.41) is 9.65. The molecule has 0 atom stereocenters. The Bertz CT molecular complexity index is 1330. The van der Waals surface area contributed by atoms with Crippen LogP contribution in [0.4, 0.5) is 5.69 Å². The van der Waals surface area contributed by atoms with E-state index in [1.54, 1.807) is 61.7 Å². The number of rotatable bonds is 10. The van der Waals surface area contributed by atoms with E-state index >= 15 is 0 Å². The number of carbonyl (C=O) groups is 3. The van der Waals surface area contributed by atoms with Gasteiger partial charge in [-0.1, -0.05) is 35.3 Å². The Morgan fingerprint density at radius 3 is 2.32 bits per heavy atom. The summed E-state index contributed by atoms with van der Waals surface area (Å²) in [6.07, 6.45) is 1.33.